The van der Waals surface area contributed by atoms with Crippen molar-refractivity contribution in [2.24, 2.45) is 7.05 Å². The van der Waals surface area contributed by atoms with Crippen molar-refractivity contribution in [3.63, 3.8) is 0 Å². The van der Waals surface area contributed by atoms with Crippen LogP contribution in [0.2, 0.25) is 0 Å². The average molecular weight is 468 g/mol. The first-order valence-electron chi connectivity index (χ1n) is 9.80. The van der Waals surface area contributed by atoms with Crippen molar-refractivity contribution in [2.75, 3.05) is 31.5 Å². The molecule has 0 radical (unpaired) electrons. The first-order valence-corrected chi connectivity index (χ1v) is 9.80. The fourth-order valence-electron chi connectivity index (χ4n) is 3.71. The lowest BCUT2D eigenvalue weighted by Crippen LogP contribution is -2.27. The summed E-state index contributed by atoms with van der Waals surface area (Å²) in [4.78, 5) is 30.6. The number of aromatic nitrogens is 2. The molecule has 0 aliphatic carbocycles. The van der Waals surface area contributed by atoms with Crippen LogP contribution in [-0.2, 0) is 18.4 Å². The Kier molecular flexibility index (Phi) is 8.64. The van der Waals surface area contributed by atoms with Gasteiger partial charge in [0.1, 0.15) is 17.2 Å². The molecule has 1 aliphatic heterocycles. The van der Waals surface area contributed by atoms with E-state index in [9.17, 15) is 9.59 Å². The maximum absolute atomic E-state index is 12.7. The summed E-state index contributed by atoms with van der Waals surface area (Å²) >= 11 is 0. The first kappa shape index (κ1) is 24.9. The predicted octanol–water partition coefficient (Wildman–Crippen LogP) is 2.79. The molecule has 1 fully saturated rings. The monoisotopic (exact) mass is 467 g/mol. The Labute approximate surface area is 192 Å². The second-order valence-corrected chi connectivity index (χ2v) is 7.40. The van der Waals surface area contributed by atoms with Gasteiger partial charge in [-0.05, 0) is 43.3 Å². The van der Waals surface area contributed by atoms with Gasteiger partial charge in [0.25, 0.3) is 5.56 Å². The van der Waals surface area contributed by atoms with E-state index in [1.54, 1.807) is 30.1 Å². The fourth-order valence-corrected chi connectivity index (χ4v) is 3.71. The highest BCUT2D eigenvalue weighted by molar-refractivity contribution is 5.93. The quantitative estimate of drug-likeness (QED) is 0.612. The molecule has 2 N–H and O–H groups in total. The molecule has 168 valence electrons. The minimum absolute atomic E-state index is 0. The summed E-state index contributed by atoms with van der Waals surface area (Å²) in [5.41, 5.74) is 2.09. The van der Waals surface area contributed by atoms with E-state index in [0.29, 0.717) is 23.3 Å². The van der Waals surface area contributed by atoms with Gasteiger partial charge in [-0.15, -0.1) is 24.8 Å². The predicted molar refractivity (Wildman–Crippen MR) is 126 cm³/mol. The Hall–Kier alpha value is -2.39. The standard InChI is InChI=1S/C21H25N5O3.2ClH/c1-14(27)24-19-10-15(4-6-23-19)18-13-25(2)21(28)17-11-16(29-20(17)18)12-26-8-3-5-22-7-9-26;;/h4,6,10-11,13,22H,3,5,7-9,12H2,1-2H3,(H,23,24,27);2*1H. The number of anilines is 1. The highest BCUT2D eigenvalue weighted by atomic mass is 35.5. The molecule has 0 spiro atoms. The van der Waals surface area contributed by atoms with E-state index in [2.05, 4.69) is 20.5 Å². The third-order valence-corrected chi connectivity index (χ3v) is 5.09. The molecule has 1 aliphatic rings. The van der Waals surface area contributed by atoms with Crippen LogP contribution < -0.4 is 16.2 Å². The second kappa shape index (κ2) is 10.8. The lowest BCUT2D eigenvalue weighted by Gasteiger charge is -2.17. The average Bonchev–Trinajstić information content (AvgIpc) is 2.93. The number of nitrogens with zero attached hydrogens (tertiary/aromatic N) is 3. The van der Waals surface area contributed by atoms with Crippen LogP contribution in [0.4, 0.5) is 5.82 Å². The number of pyridine rings is 2. The number of nitrogens with one attached hydrogen (secondary N) is 2. The van der Waals surface area contributed by atoms with Gasteiger partial charge in [-0.25, -0.2) is 4.98 Å². The van der Waals surface area contributed by atoms with Crippen molar-refractivity contribution < 1.29 is 9.21 Å². The molecule has 3 aromatic heterocycles. The van der Waals surface area contributed by atoms with Crippen molar-refractivity contribution in [1.82, 2.24) is 19.8 Å². The molecule has 4 rings (SSSR count). The van der Waals surface area contributed by atoms with Crippen LogP contribution >= 0.6 is 24.8 Å². The molecule has 4 heterocycles. The Bertz CT molecular complexity index is 1100. The van der Waals surface area contributed by atoms with Crippen molar-refractivity contribution >= 4 is 47.5 Å². The topological polar surface area (TPSA) is 92.4 Å². The van der Waals surface area contributed by atoms with Crippen LogP contribution in [0, 0.1) is 0 Å². The van der Waals surface area contributed by atoms with Crippen LogP contribution in [0.25, 0.3) is 22.1 Å². The summed E-state index contributed by atoms with van der Waals surface area (Å²) < 4.78 is 7.73. The van der Waals surface area contributed by atoms with E-state index >= 15 is 0 Å². The van der Waals surface area contributed by atoms with E-state index in [4.69, 9.17) is 4.42 Å². The van der Waals surface area contributed by atoms with Gasteiger partial charge in [0.05, 0.1) is 11.9 Å². The molecule has 31 heavy (non-hydrogen) atoms. The smallest absolute Gasteiger partial charge is 0.261 e. The number of aryl methyl sites for hydroxylation is 1. The third kappa shape index (κ3) is 5.65. The van der Waals surface area contributed by atoms with Gasteiger partial charge < -0.3 is 19.6 Å². The summed E-state index contributed by atoms with van der Waals surface area (Å²) in [5.74, 6) is 1.05. The van der Waals surface area contributed by atoms with Gasteiger partial charge in [-0.3, -0.25) is 14.5 Å². The first-order chi connectivity index (χ1) is 14.0. The zero-order valence-electron chi connectivity index (χ0n) is 17.5. The van der Waals surface area contributed by atoms with E-state index in [1.165, 1.54) is 6.92 Å². The Morgan fingerprint density at radius 2 is 2.06 bits per heavy atom. The van der Waals surface area contributed by atoms with E-state index < -0.39 is 0 Å². The van der Waals surface area contributed by atoms with E-state index in [1.807, 2.05) is 12.1 Å². The third-order valence-electron chi connectivity index (χ3n) is 5.09. The van der Waals surface area contributed by atoms with Crippen LogP contribution in [0.1, 0.15) is 19.1 Å². The highest BCUT2D eigenvalue weighted by Gasteiger charge is 2.18. The summed E-state index contributed by atoms with van der Waals surface area (Å²) in [7, 11) is 1.73. The molecule has 1 saturated heterocycles. The van der Waals surface area contributed by atoms with E-state index in [0.717, 1.165) is 49.5 Å². The number of halogens is 2. The maximum Gasteiger partial charge on any atom is 0.261 e. The van der Waals surface area contributed by atoms with Crippen LogP contribution in [0.15, 0.2) is 39.8 Å². The van der Waals surface area contributed by atoms with Gasteiger partial charge in [-0.1, -0.05) is 0 Å². The van der Waals surface area contributed by atoms with E-state index in [-0.39, 0.29) is 36.3 Å². The van der Waals surface area contributed by atoms with Crippen molar-refractivity contribution in [3.8, 4) is 11.1 Å². The number of carbonyl (C=O) groups excluding carboxylic acids is 1. The molecule has 10 heteroatoms. The van der Waals surface area contributed by atoms with Crippen LogP contribution in [0.3, 0.4) is 0 Å². The molecular weight excluding hydrogens is 441 g/mol. The van der Waals surface area contributed by atoms with Crippen molar-refractivity contribution in [3.05, 3.63) is 46.7 Å². The largest absolute Gasteiger partial charge is 0.459 e. The molecule has 1 amide bonds. The molecule has 8 nitrogen and oxygen atoms in total. The van der Waals surface area contributed by atoms with Gasteiger partial charge in [-0.2, -0.15) is 0 Å². The molecule has 0 bridgehead atoms. The Morgan fingerprint density at radius 1 is 1.26 bits per heavy atom. The number of amides is 1. The molecule has 3 aromatic rings. The van der Waals surface area contributed by atoms with Crippen LogP contribution in [0.5, 0.6) is 0 Å². The summed E-state index contributed by atoms with van der Waals surface area (Å²) in [5, 5.41) is 6.65. The van der Waals surface area contributed by atoms with Gasteiger partial charge in [0.2, 0.25) is 5.91 Å². The number of carbonyl (C=O) groups is 1. The van der Waals surface area contributed by atoms with Crippen molar-refractivity contribution in [2.45, 2.75) is 19.9 Å². The summed E-state index contributed by atoms with van der Waals surface area (Å²) in [6, 6.07) is 5.48. The van der Waals surface area contributed by atoms with Crippen LogP contribution in [-0.4, -0.2) is 46.5 Å². The molecule has 0 saturated carbocycles. The Balaban J connectivity index is 0.00000171. The fraction of sp³-hybridized carbons (Fsp3) is 0.381. The number of rotatable bonds is 4. The number of furan rings is 1. The van der Waals surface area contributed by atoms with Gasteiger partial charge >= 0.3 is 0 Å². The summed E-state index contributed by atoms with van der Waals surface area (Å²) in [6.45, 7) is 6.05. The van der Waals surface area contributed by atoms with Crippen molar-refractivity contribution in [1.29, 1.82) is 0 Å². The number of hydrogen-bond donors (Lipinski definition) is 2. The summed E-state index contributed by atoms with van der Waals surface area (Å²) in [6.07, 6.45) is 4.49. The number of hydrogen-bond acceptors (Lipinski definition) is 6. The SMILES string of the molecule is CC(=O)Nc1cc(-c2cn(C)c(=O)c3cc(CN4CCCNCC4)oc23)ccn1.Cl.Cl. The molecule has 0 atom stereocenters. The van der Waals surface area contributed by atoms with Gasteiger partial charge in [0, 0.05) is 45.0 Å². The highest BCUT2D eigenvalue weighted by Crippen LogP contribution is 2.30. The maximum atomic E-state index is 12.7. The second-order valence-electron chi connectivity index (χ2n) is 7.40. The lowest BCUT2D eigenvalue weighted by atomic mass is 10.1. The normalized spacial score (nSPS) is 14.4. The Morgan fingerprint density at radius 3 is 2.84 bits per heavy atom. The minimum Gasteiger partial charge on any atom is -0.459 e. The molecule has 0 aromatic carbocycles. The number of fused-ring (bicyclic) bond motifs is 1. The van der Waals surface area contributed by atoms with Gasteiger partial charge in [0.15, 0.2) is 0 Å². The minimum atomic E-state index is -0.188. The molecule has 0 unspecified atom stereocenters. The lowest BCUT2D eigenvalue weighted by molar-refractivity contribution is -0.114. The molecular formula is C21H27Cl2N5O3. The zero-order valence-corrected chi connectivity index (χ0v) is 19.1. The zero-order chi connectivity index (χ0) is 20.4.